The van der Waals surface area contributed by atoms with Crippen LogP contribution >= 0.6 is 0 Å². The fourth-order valence-corrected chi connectivity index (χ4v) is 3.34. The van der Waals surface area contributed by atoms with Crippen molar-refractivity contribution in [3.63, 3.8) is 0 Å². The summed E-state index contributed by atoms with van der Waals surface area (Å²) in [6.07, 6.45) is 1.77. The summed E-state index contributed by atoms with van der Waals surface area (Å²) in [6.45, 7) is 8.76. The lowest BCUT2D eigenvalue weighted by molar-refractivity contribution is -0.133. The van der Waals surface area contributed by atoms with E-state index in [0.29, 0.717) is 0 Å². The van der Waals surface area contributed by atoms with Crippen molar-refractivity contribution in [2.24, 2.45) is 0 Å². The van der Waals surface area contributed by atoms with Crippen molar-refractivity contribution in [3.8, 4) is 0 Å². The van der Waals surface area contributed by atoms with Crippen molar-refractivity contribution in [2.75, 3.05) is 32.7 Å². The molecule has 1 aliphatic rings. The van der Waals surface area contributed by atoms with Crippen LogP contribution in [0.4, 0.5) is 0 Å². The lowest BCUT2D eigenvalue weighted by atomic mass is 9.90. The highest BCUT2D eigenvalue weighted by Crippen LogP contribution is 2.28. The average Bonchev–Trinajstić information content (AvgIpc) is 2.64. The van der Waals surface area contributed by atoms with Gasteiger partial charge in [-0.15, -0.1) is 0 Å². The second-order valence-corrected chi connectivity index (χ2v) is 6.30. The van der Waals surface area contributed by atoms with E-state index < -0.39 is 0 Å². The molecule has 4 nitrogen and oxygen atoms in total. The molecule has 4 heteroatoms. The first-order valence-electron chi connectivity index (χ1n) is 8.68. The molecule has 0 spiro atoms. The van der Waals surface area contributed by atoms with E-state index >= 15 is 0 Å². The predicted molar refractivity (Wildman–Crippen MR) is 96.0 cm³/mol. The first-order valence-corrected chi connectivity index (χ1v) is 8.68. The zero-order valence-electron chi connectivity index (χ0n) is 14.5. The zero-order valence-corrected chi connectivity index (χ0v) is 14.5. The molecular formula is C20H25N3O. The highest BCUT2D eigenvalue weighted by molar-refractivity contribution is 5.87. The van der Waals surface area contributed by atoms with Gasteiger partial charge in [0.15, 0.2) is 0 Å². The standard InChI is InChI=1S/C20H25N3O/c1-3-22-12-14-23(15-13-22)20(24)19(18-10-6-7-11-21-18)17-9-5-4-8-16(17)2/h4-11,19H,3,12-15H2,1-2H3. The van der Waals surface area contributed by atoms with Gasteiger partial charge in [0.2, 0.25) is 5.91 Å². The molecule has 3 rings (SSSR count). The number of hydrogen-bond donors (Lipinski definition) is 0. The molecule has 2 heterocycles. The van der Waals surface area contributed by atoms with Gasteiger partial charge in [-0.3, -0.25) is 9.78 Å². The highest BCUT2D eigenvalue weighted by Gasteiger charge is 2.31. The van der Waals surface area contributed by atoms with Gasteiger partial charge in [0.05, 0.1) is 5.69 Å². The second-order valence-electron chi connectivity index (χ2n) is 6.30. The number of hydrogen-bond acceptors (Lipinski definition) is 3. The van der Waals surface area contributed by atoms with Gasteiger partial charge in [0, 0.05) is 32.4 Å². The summed E-state index contributed by atoms with van der Waals surface area (Å²) in [4.78, 5) is 22.2. The van der Waals surface area contributed by atoms with E-state index in [-0.39, 0.29) is 11.8 Å². The Morgan fingerprint density at radius 3 is 2.42 bits per heavy atom. The molecule has 24 heavy (non-hydrogen) atoms. The molecular weight excluding hydrogens is 298 g/mol. The summed E-state index contributed by atoms with van der Waals surface area (Å²) < 4.78 is 0. The third-order valence-electron chi connectivity index (χ3n) is 4.86. The van der Waals surface area contributed by atoms with Gasteiger partial charge in [-0.2, -0.15) is 0 Å². The quantitative estimate of drug-likeness (QED) is 0.868. The normalized spacial score (nSPS) is 16.8. The van der Waals surface area contributed by atoms with E-state index in [9.17, 15) is 4.79 Å². The average molecular weight is 323 g/mol. The lowest BCUT2D eigenvalue weighted by Gasteiger charge is -2.36. The fraction of sp³-hybridized carbons (Fsp3) is 0.400. The molecule has 0 aliphatic carbocycles. The minimum absolute atomic E-state index is 0.166. The summed E-state index contributed by atoms with van der Waals surface area (Å²) in [5.41, 5.74) is 3.02. The van der Waals surface area contributed by atoms with Crippen molar-refractivity contribution < 1.29 is 4.79 Å². The van der Waals surface area contributed by atoms with E-state index in [1.54, 1.807) is 6.20 Å². The van der Waals surface area contributed by atoms with Gasteiger partial charge in [-0.05, 0) is 36.7 Å². The van der Waals surface area contributed by atoms with Crippen LogP contribution in [0.5, 0.6) is 0 Å². The maximum absolute atomic E-state index is 13.3. The van der Waals surface area contributed by atoms with E-state index in [4.69, 9.17) is 0 Å². The maximum Gasteiger partial charge on any atom is 0.236 e. The Labute approximate surface area is 144 Å². The van der Waals surface area contributed by atoms with Gasteiger partial charge < -0.3 is 9.80 Å². The monoisotopic (exact) mass is 323 g/mol. The summed E-state index contributed by atoms with van der Waals surface area (Å²) in [5, 5.41) is 0. The molecule has 1 aromatic carbocycles. The molecule has 0 N–H and O–H groups in total. The van der Waals surface area contributed by atoms with Gasteiger partial charge in [0.1, 0.15) is 5.92 Å². The van der Waals surface area contributed by atoms with Crippen LogP contribution in [0.2, 0.25) is 0 Å². The molecule has 1 saturated heterocycles. The van der Waals surface area contributed by atoms with Gasteiger partial charge in [-0.1, -0.05) is 37.3 Å². The molecule has 1 unspecified atom stereocenters. The van der Waals surface area contributed by atoms with Crippen molar-refractivity contribution >= 4 is 5.91 Å². The molecule has 0 saturated carbocycles. The van der Waals surface area contributed by atoms with E-state index in [1.807, 2.05) is 35.2 Å². The van der Waals surface area contributed by atoms with Crippen molar-refractivity contribution in [2.45, 2.75) is 19.8 Å². The first kappa shape index (κ1) is 16.7. The molecule has 1 amide bonds. The number of likely N-dealkylation sites (N-methyl/N-ethyl adjacent to an activating group) is 1. The number of pyridine rings is 1. The summed E-state index contributed by atoms with van der Waals surface area (Å²) in [6, 6.07) is 13.9. The van der Waals surface area contributed by atoms with Gasteiger partial charge in [0.25, 0.3) is 0 Å². The molecule has 1 aromatic heterocycles. The van der Waals surface area contributed by atoms with Crippen LogP contribution in [-0.4, -0.2) is 53.4 Å². The van der Waals surface area contributed by atoms with E-state index in [2.05, 4.69) is 35.9 Å². The first-order chi connectivity index (χ1) is 11.7. The molecule has 1 aliphatic heterocycles. The number of aromatic nitrogens is 1. The predicted octanol–water partition coefficient (Wildman–Crippen LogP) is 2.69. The Hall–Kier alpha value is -2.20. The Kier molecular flexibility index (Phi) is 5.26. The van der Waals surface area contributed by atoms with Gasteiger partial charge in [-0.25, -0.2) is 0 Å². The summed E-state index contributed by atoms with van der Waals surface area (Å²) >= 11 is 0. The smallest absolute Gasteiger partial charge is 0.236 e. The minimum Gasteiger partial charge on any atom is -0.339 e. The third kappa shape index (κ3) is 3.49. The number of rotatable bonds is 4. The van der Waals surface area contributed by atoms with Crippen molar-refractivity contribution in [1.82, 2.24) is 14.8 Å². The van der Waals surface area contributed by atoms with Crippen molar-refractivity contribution in [1.29, 1.82) is 0 Å². The van der Waals surface area contributed by atoms with Crippen LogP contribution in [0.1, 0.15) is 29.7 Å². The third-order valence-corrected chi connectivity index (χ3v) is 4.86. The zero-order chi connectivity index (χ0) is 16.9. The van der Waals surface area contributed by atoms with Gasteiger partial charge >= 0.3 is 0 Å². The van der Waals surface area contributed by atoms with Crippen LogP contribution < -0.4 is 0 Å². The summed E-state index contributed by atoms with van der Waals surface area (Å²) in [5.74, 6) is -0.153. The Balaban J connectivity index is 1.91. The molecule has 126 valence electrons. The summed E-state index contributed by atoms with van der Waals surface area (Å²) in [7, 11) is 0. The Morgan fingerprint density at radius 1 is 1.08 bits per heavy atom. The lowest BCUT2D eigenvalue weighted by Crippen LogP contribution is -2.50. The largest absolute Gasteiger partial charge is 0.339 e. The topological polar surface area (TPSA) is 36.4 Å². The number of benzene rings is 1. The van der Waals surface area contributed by atoms with Crippen LogP contribution in [0, 0.1) is 6.92 Å². The van der Waals surface area contributed by atoms with Crippen LogP contribution in [0.15, 0.2) is 48.7 Å². The fourth-order valence-electron chi connectivity index (χ4n) is 3.34. The number of piperazine rings is 1. The van der Waals surface area contributed by atoms with Crippen LogP contribution in [0.3, 0.4) is 0 Å². The van der Waals surface area contributed by atoms with Crippen LogP contribution in [-0.2, 0) is 4.79 Å². The number of nitrogens with zero attached hydrogens (tertiary/aromatic N) is 3. The number of carbonyl (C=O) groups is 1. The number of amides is 1. The molecule has 0 radical (unpaired) electrons. The second kappa shape index (κ2) is 7.58. The SMILES string of the molecule is CCN1CCN(C(=O)C(c2ccccn2)c2ccccc2C)CC1. The van der Waals surface area contributed by atoms with E-state index in [1.165, 1.54) is 0 Å². The molecule has 1 atom stereocenters. The minimum atomic E-state index is -0.319. The molecule has 0 bridgehead atoms. The maximum atomic E-state index is 13.3. The highest BCUT2D eigenvalue weighted by atomic mass is 16.2. The number of carbonyl (C=O) groups excluding carboxylic acids is 1. The Bertz CT molecular complexity index is 678. The molecule has 1 fully saturated rings. The molecule has 2 aromatic rings. The van der Waals surface area contributed by atoms with Crippen LogP contribution in [0.25, 0.3) is 0 Å². The number of aryl methyl sites for hydroxylation is 1. The van der Waals surface area contributed by atoms with E-state index in [0.717, 1.165) is 49.5 Å². The van der Waals surface area contributed by atoms with Crippen molar-refractivity contribution in [3.05, 3.63) is 65.5 Å². The Morgan fingerprint density at radius 2 is 1.79 bits per heavy atom.